The molecule has 0 saturated heterocycles. The molecule has 0 aliphatic rings. The molecule has 0 spiro atoms. The van der Waals surface area contributed by atoms with Crippen LogP contribution < -0.4 is 0 Å². The molecule has 0 N–H and O–H groups in total. The molecule has 0 rings (SSSR count). The van der Waals surface area contributed by atoms with E-state index < -0.39 is 0 Å². The molecule has 8 heavy (non-hydrogen) atoms. The van der Waals surface area contributed by atoms with Gasteiger partial charge in [-0.25, -0.2) is 0 Å². The van der Waals surface area contributed by atoms with Crippen LogP contribution in [0.2, 0.25) is 0 Å². The number of rotatable bonds is 4. The van der Waals surface area contributed by atoms with Crippen molar-refractivity contribution in [2.75, 3.05) is 6.61 Å². The molecular formula is C5H12FOZn. The number of unbranched alkanes of at least 4 members (excludes halogenated alkanes) is 2. The average Bonchev–Trinajstić information content (AvgIpc) is 1.69. The molecule has 0 unspecified atom stereocenters. The average molecular weight is 173 g/mol. The van der Waals surface area contributed by atoms with Crippen molar-refractivity contribution in [1.29, 1.82) is 0 Å². The quantitative estimate of drug-likeness (QED) is 0.464. The fourth-order valence-electron chi connectivity index (χ4n) is 0.454. The third-order valence-corrected chi connectivity index (χ3v) is 1.50. The van der Waals surface area contributed by atoms with Crippen molar-refractivity contribution in [2.45, 2.75) is 26.2 Å². The fraction of sp³-hybridized carbons (Fsp3) is 1.00. The molecule has 0 amide bonds. The van der Waals surface area contributed by atoms with Crippen LogP contribution in [-0.2, 0) is 22.2 Å². The van der Waals surface area contributed by atoms with Crippen molar-refractivity contribution in [1.82, 2.24) is 0 Å². The first kappa shape index (κ1) is 11.3. The van der Waals surface area contributed by atoms with Crippen LogP contribution in [0.3, 0.4) is 0 Å². The molecule has 47 valence electrons. The van der Waals surface area contributed by atoms with Gasteiger partial charge >= 0.3 is 55.0 Å². The van der Waals surface area contributed by atoms with Crippen LogP contribution >= 0.6 is 0 Å². The standard InChI is InChI=1S/C5H11O.FH.Zn/c1-2-3-4-5-6;;/h2-5H2,1H3;1H;/q-1;;+1. The Morgan fingerprint density at radius 1 is 1.38 bits per heavy atom. The van der Waals surface area contributed by atoms with E-state index in [0.29, 0.717) is 0 Å². The molecule has 0 bridgehead atoms. The van der Waals surface area contributed by atoms with E-state index in [1.807, 2.05) is 0 Å². The summed E-state index contributed by atoms with van der Waals surface area (Å²) in [4.78, 5) is 0. The van der Waals surface area contributed by atoms with Gasteiger partial charge in [0.1, 0.15) is 0 Å². The molecule has 0 radical (unpaired) electrons. The fourth-order valence-corrected chi connectivity index (χ4v) is 0.882. The maximum atomic E-state index is 4.97. The van der Waals surface area contributed by atoms with Gasteiger partial charge in [-0.05, 0) is 0 Å². The van der Waals surface area contributed by atoms with E-state index in [-0.39, 0.29) is 4.70 Å². The van der Waals surface area contributed by atoms with Gasteiger partial charge in [0.15, 0.2) is 0 Å². The van der Waals surface area contributed by atoms with Crippen LogP contribution in [0.4, 0.5) is 4.70 Å². The van der Waals surface area contributed by atoms with Gasteiger partial charge in [0.2, 0.25) is 0 Å². The van der Waals surface area contributed by atoms with Gasteiger partial charge in [-0.3, -0.25) is 4.70 Å². The van der Waals surface area contributed by atoms with Crippen molar-refractivity contribution in [2.24, 2.45) is 0 Å². The van der Waals surface area contributed by atoms with Crippen molar-refractivity contribution in [3.8, 4) is 0 Å². The second-order valence-electron chi connectivity index (χ2n) is 1.62. The Morgan fingerprint density at radius 2 is 2.00 bits per heavy atom. The van der Waals surface area contributed by atoms with Crippen molar-refractivity contribution in [3.05, 3.63) is 0 Å². The van der Waals surface area contributed by atoms with Gasteiger partial charge in [-0.1, -0.05) is 0 Å². The summed E-state index contributed by atoms with van der Waals surface area (Å²) in [5.74, 6) is 0. The largest absolute Gasteiger partial charge is 0.269 e. The van der Waals surface area contributed by atoms with Gasteiger partial charge < -0.3 is 0 Å². The van der Waals surface area contributed by atoms with E-state index in [1.54, 1.807) is 0 Å². The molecular weight excluding hydrogens is 160 g/mol. The van der Waals surface area contributed by atoms with Crippen molar-refractivity contribution < 1.29 is 26.9 Å². The Hall–Kier alpha value is 0.513. The molecule has 0 aliphatic heterocycles. The van der Waals surface area contributed by atoms with Crippen LogP contribution in [0, 0.1) is 0 Å². The van der Waals surface area contributed by atoms with E-state index in [4.69, 9.17) is 3.56 Å². The topological polar surface area (TPSA) is 9.23 Å². The molecule has 0 atom stereocenters. The molecule has 1 nitrogen and oxygen atoms in total. The van der Waals surface area contributed by atoms with E-state index >= 15 is 0 Å². The summed E-state index contributed by atoms with van der Waals surface area (Å²) in [6, 6.07) is 0. The normalized spacial score (nSPS) is 8.38. The zero-order valence-electron chi connectivity index (χ0n) is 5.35. The van der Waals surface area contributed by atoms with Gasteiger partial charge in [0.05, 0.1) is 0 Å². The molecule has 0 saturated carbocycles. The van der Waals surface area contributed by atoms with E-state index in [0.717, 1.165) is 25.3 Å². The van der Waals surface area contributed by atoms with Gasteiger partial charge in [0.25, 0.3) is 0 Å². The van der Waals surface area contributed by atoms with E-state index in [9.17, 15) is 0 Å². The van der Waals surface area contributed by atoms with Crippen LogP contribution in [0.1, 0.15) is 26.2 Å². The van der Waals surface area contributed by atoms with Gasteiger partial charge in [-0.2, -0.15) is 0 Å². The van der Waals surface area contributed by atoms with Crippen LogP contribution in [0.5, 0.6) is 0 Å². The monoisotopic (exact) mass is 171 g/mol. The summed E-state index contributed by atoms with van der Waals surface area (Å²) in [6.07, 6.45) is 3.86. The third-order valence-electron chi connectivity index (χ3n) is 0.892. The molecule has 0 aromatic heterocycles. The Kier molecular flexibility index (Phi) is 14.8. The number of halogens is 1. The molecule has 0 aliphatic carbocycles. The van der Waals surface area contributed by atoms with Crippen molar-refractivity contribution in [3.63, 3.8) is 0 Å². The summed E-state index contributed by atoms with van der Waals surface area (Å²) in [5.41, 5.74) is 0. The molecule has 3 heteroatoms. The second-order valence-corrected chi connectivity index (χ2v) is 2.47. The minimum Gasteiger partial charge on any atom is -0.269 e. The summed E-state index contributed by atoms with van der Waals surface area (Å²) < 4.78 is 4.97. The van der Waals surface area contributed by atoms with Crippen LogP contribution in [-0.4, -0.2) is 6.61 Å². The zero-order chi connectivity index (χ0) is 5.54. The minimum absolute atomic E-state index is 0. The minimum atomic E-state index is 0. The summed E-state index contributed by atoms with van der Waals surface area (Å²) in [7, 11) is 0. The summed E-state index contributed by atoms with van der Waals surface area (Å²) >= 11 is 0.990. The first-order valence-corrected chi connectivity index (χ1v) is 4.00. The summed E-state index contributed by atoms with van der Waals surface area (Å²) in [5, 5.41) is 0. The number of hydrogen-bond acceptors (Lipinski definition) is 1. The zero-order valence-corrected chi connectivity index (χ0v) is 8.32. The Morgan fingerprint density at radius 3 is 2.38 bits per heavy atom. The SMILES string of the molecule is CCCCC[O][Zn].F. The maximum Gasteiger partial charge on any atom is -0.269 e. The Bertz CT molecular complexity index is 31.6. The Labute approximate surface area is 60.2 Å². The first-order chi connectivity index (χ1) is 3.41. The second kappa shape index (κ2) is 10.5. The molecule has 0 aromatic carbocycles. The van der Waals surface area contributed by atoms with E-state index in [2.05, 4.69) is 6.92 Å². The maximum absolute atomic E-state index is 4.97. The van der Waals surface area contributed by atoms with Crippen LogP contribution in [0.25, 0.3) is 0 Å². The van der Waals surface area contributed by atoms with E-state index in [1.165, 1.54) is 19.3 Å². The Balaban J connectivity index is 0. The summed E-state index contributed by atoms with van der Waals surface area (Å²) in [6.45, 7) is 3.18. The van der Waals surface area contributed by atoms with Gasteiger partial charge in [-0.15, -0.1) is 0 Å². The van der Waals surface area contributed by atoms with Gasteiger partial charge in [0, 0.05) is 0 Å². The van der Waals surface area contributed by atoms with Crippen molar-refractivity contribution >= 4 is 0 Å². The van der Waals surface area contributed by atoms with Crippen LogP contribution in [0.15, 0.2) is 0 Å². The predicted octanol–water partition coefficient (Wildman–Crippen LogP) is 1.81. The molecule has 0 aromatic rings. The first-order valence-electron chi connectivity index (χ1n) is 2.78. The number of hydrogen-bond donors (Lipinski definition) is 0. The predicted molar refractivity (Wildman–Crippen MR) is 28.0 cm³/mol. The molecule has 0 heterocycles. The molecule has 0 fully saturated rings. The smallest absolute Gasteiger partial charge is 0.269 e. The third kappa shape index (κ3) is 9.72.